The van der Waals surface area contributed by atoms with E-state index in [2.05, 4.69) is 23.3 Å². The Bertz CT molecular complexity index is 451. The number of H-pyrrole nitrogens is 1. The summed E-state index contributed by atoms with van der Waals surface area (Å²) in [5.74, 6) is 0. The number of hydrogen-bond donors (Lipinski definition) is 2. The molecule has 0 radical (unpaired) electrons. The molecule has 1 amide bonds. The fourth-order valence-corrected chi connectivity index (χ4v) is 2.71. The number of rotatable bonds is 3. The molecule has 1 saturated heterocycles. The van der Waals surface area contributed by atoms with E-state index in [4.69, 9.17) is 4.74 Å². The van der Waals surface area contributed by atoms with E-state index < -0.39 is 5.60 Å². The quantitative estimate of drug-likeness (QED) is 0.901. The average molecular weight is 293 g/mol. The van der Waals surface area contributed by atoms with Gasteiger partial charge in [-0.05, 0) is 52.2 Å². The first-order valence-corrected chi connectivity index (χ1v) is 7.71. The Balaban J connectivity index is 1.91. The Morgan fingerprint density at radius 2 is 2.29 bits per heavy atom. The third-order valence-electron chi connectivity index (χ3n) is 3.85. The molecule has 0 bridgehead atoms. The summed E-state index contributed by atoms with van der Waals surface area (Å²) in [4.78, 5) is 17.2. The molecule has 1 aromatic heterocycles. The molecule has 5 heteroatoms. The highest BCUT2D eigenvalue weighted by Crippen LogP contribution is 2.21. The first kappa shape index (κ1) is 15.9. The number of piperidine rings is 1. The zero-order chi connectivity index (χ0) is 15.5. The minimum absolute atomic E-state index is 0.146. The molecule has 0 aliphatic carbocycles. The van der Waals surface area contributed by atoms with Crippen LogP contribution < -0.4 is 5.32 Å². The van der Waals surface area contributed by atoms with Gasteiger partial charge >= 0.3 is 6.09 Å². The van der Waals surface area contributed by atoms with Crippen molar-refractivity contribution >= 4 is 6.09 Å². The monoisotopic (exact) mass is 293 g/mol. The third-order valence-corrected chi connectivity index (χ3v) is 3.85. The Morgan fingerprint density at radius 3 is 2.90 bits per heavy atom. The second kappa shape index (κ2) is 6.52. The van der Waals surface area contributed by atoms with Gasteiger partial charge in [-0.1, -0.05) is 0 Å². The maximum Gasteiger partial charge on any atom is 0.410 e. The Labute approximate surface area is 127 Å². The molecule has 1 fully saturated rings. The topological polar surface area (TPSA) is 57.4 Å². The Kier molecular flexibility index (Phi) is 4.93. The predicted molar refractivity (Wildman–Crippen MR) is 83.1 cm³/mol. The van der Waals surface area contributed by atoms with Crippen LogP contribution in [-0.2, 0) is 11.3 Å². The van der Waals surface area contributed by atoms with Gasteiger partial charge in [0.25, 0.3) is 0 Å². The number of carbonyl (C=O) groups is 1. The van der Waals surface area contributed by atoms with Gasteiger partial charge in [-0.15, -0.1) is 0 Å². The van der Waals surface area contributed by atoms with Gasteiger partial charge in [-0.2, -0.15) is 0 Å². The number of hydrogen-bond acceptors (Lipinski definition) is 3. The number of aromatic nitrogens is 1. The summed E-state index contributed by atoms with van der Waals surface area (Å²) in [6, 6.07) is 2.51. The van der Waals surface area contributed by atoms with E-state index in [1.165, 1.54) is 5.56 Å². The van der Waals surface area contributed by atoms with Crippen molar-refractivity contribution in [1.29, 1.82) is 0 Å². The van der Waals surface area contributed by atoms with Crippen LogP contribution in [0.3, 0.4) is 0 Å². The lowest BCUT2D eigenvalue weighted by Crippen LogP contribution is -2.55. The number of carbonyl (C=O) groups excluding carboxylic acids is 1. The molecule has 21 heavy (non-hydrogen) atoms. The molecular formula is C16H27N3O2. The molecule has 2 heterocycles. The molecule has 1 aliphatic rings. The van der Waals surface area contributed by atoms with Crippen LogP contribution in [0.25, 0.3) is 0 Å². The summed E-state index contributed by atoms with van der Waals surface area (Å²) in [6.07, 6.45) is 5.81. The normalized spacial score (nSPS) is 23.1. The van der Waals surface area contributed by atoms with Crippen molar-refractivity contribution in [1.82, 2.24) is 15.2 Å². The van der Waals surface area contributed by atoms with Gasteiger partial charge in [-0.25, -0.2) is 4.79 Å². The molecule has 0 aromatic carbocycles. The molecule has 118 valence electrons. The summed E-state index contributed by atoms with van der Waals surface area (Å²) in [7, 11) is 0. The van der Waals surface area contributed by atoms with Gasteiger partial charge < -0.3 is 19.9 Å². The second-order valence-corrected chi connectivity index (χ2v) is 6.76. The lowest BCUT2D eigenvalue weighted by molar-refractivity contribution is 0.00699. The second-order valence-electron chi connectivity index (χ2n) is 6.76. The van der Waals surface area contributed by atoms with Crippen LogP contribution in [0.4, 0.5) is 4.79 Å². The van der Waals surface area contributed by atoms with E-state index in [0.29, 0.717) is 6.04 Å². The summed E-state index contributed by atoms with van der Waals surface area (Å²) in [5.41, 5.74) is 0.791. The molecule has 2 rings (SSSR count). The minimum atomic E-state index is -0.442. The number of amides is 1. The predicted octanol–water partition coefficient (Wildman–Crippen LogP) is 2.89. The average Bonchev–Trinajstić information content (AvgIpc) is 2.88. The number of ether oxygens (including phenoxy) is 1. The SMILES string of the molecule is CC1C(NCc2cc[nH]c2)CCCN1C(=O)OC(C)(C)C. The highest BCUT2D eigenvalue weighted by atomic mass is 16.6. The Hall–Kier alpha value is -1.49. The van der Waals surface area contributed by atoms with Crippen LogP contribution in [0.2, 0.25) is 0 Å². The molecule has 2 unspecified atom stereocenters. The van der Waals surface area contributed by atoms with E-state index in [1.807, 2.05) is 38.1 Å². The highest BCUT2D eigenvalue weighted by Gasteiger charge is 2.33. The zero-order valence-corrected chi connectivity index (χ0v) is 13.5. The maximum absolute atomic E-state index is 12.3. The summed E-state index contributed by atoms with van der Waals surface area (Å²) < 4.78 is 5.50. The number of likely N-dealkylation sites (tertiary alicyclic amines) is 1. The fraction of sp³-hybridized carbons (Fsp3) is 0.688. The molecule has 5 nitrogen and oxygen atoms in total. The minimum Gasteiger partial charge on any atom is -0.444 e. The molecule has 0 spiro atoms. The van der Waals surface area contributed by atoms with Crippen LogP contribution in [0.1, 0.15) is 46.1 Å². The van der Waals surface area contributed by atoms with Crippen LogP contribution in [0.15, 0.2) is 18.5 Å². The summed E-state index contributed by atoms with van der Waals surface area (Å²) >= 11 is 0. The molecule has 0 saturated carbocycles. The third kappa shape index (κ3) is 4.49. The first-order valence-electron chi connectivity index (χ1n) is 7.71. The lowest BCUT2D eigenvalue weighted by Gasteiger charge is -2.40. The van der Waals surface area contributed by atoms with E-state index >= 15 is 0 Å². The van der Waals surface area contributed by atoms with Crippen molar-refractivity contribution in [2.45, 2.75) is 64.8 Å². The first-order chi connectivity index (χ1) is 9.87. The van der Waals surface area contributed by atoms with Gasteiger partial charge in [0.2, 0.25) is 0 Å². The number of nitrogens with zero attached hydrogens (tertiary/aromatic N) is 1. The van der Waals surface area contributed by atoms with Crippen molar-refractivity contribution in [3.05, 3.63) is 24.0 Å². The van der Waals surface area contributed by atoms with Crippen LogP contribution in [-0.4, -0.2) is 40.2 Å². The molecular weight excluding hydrogens is 266 g/mol. The number of nitrogens with one attached hydrogen (secondary N) is 2. The van der Waals surface area contributed by atoms with E-state index in [9.17, 15) is 4.79 Å². The summed E-state index contributed by atoms with van der Waals surface area (Å²) in [5, 5.41) is 3.55. The summed E-state index contributed by atoms with van der Waals surface area (Å²) in [6.45, 7) is 9.40. The molecule has 2 N–H and O–H groups in total. The van der Waals surface area contributed by atoms with Crippen LogP contribution in [0, 0.1) is 0 Å². The van der Waals surface area contributed by atoms with Gasteiger partial charge in [0.15, 0.2) is 0 Å². The van der Waals surface area contributed by atoms with Crippen molar-refractivity contribution in [3.8, 4) is 0 Å². The molecule has 1 aromatic rings. The lowest BCUT2D eigenvalue weighted by atomic mass is 9.97. The Morgan fingerprint density at radius 1 is 1.52 bits per heavy atom. The van der Waals surface area contributed by atoms with Gasteiger partial charge in [0.1, 0.15) is 5.60 Å². The van der Waals surface area contributed by atoms with Crippen molar-refractivity contribution < 1.29 is 9.53 Å². The molecule has 1 aliphatic heterocycles. The molecule has 2 atom stereocenters. The van der Waals surface area contributed by atoms with Crippen molar-refractivity contribution in [3.63, 3.8) is 0 Å². The van der Waals surface area contributed by atoms with E-state index in [1.54, 1.807) is 0 Å². The van der Waals surface area contributed by atoms with Crippen molar-refractivity contribution in [2.75, 3.05) is 6.54 Å². The largest absolute Gasteiger partial charge is 0.444 e. The number of aromatic amines is 1. The fourth-order valence-electron chi connectivity index (χ4n) is 2.71. The zero-order valence-electron chi connectivity index (χ0n) is 13.5. The van der Waals surface area contributed by atoms with Gasteiger partial charge in [0, 0.05) is 37.6 Å². The smallest absolute Gasteiger partial charge is 0.410 e. The maximum atomic E-state index is 12.3. The standard InChI is InChI=1S/C16H27N3O2/c1-12-14(18-11-13-7-8-17-10-13)6-5-9-19(12)15(20)21-16(2,3)4/h7-8,10,12,14,17-18H,5-6,9,11H2,1-4H3. The van der Waals surface area contributed by atoms with Crippen molar-refractivity contribution in [2.24, 2.45) is 0 Å². The highest BCUT2D eigenvalue weighted by molar-refractivity contribution is 5.68. The van der Waals surface area contributed by atoms with E-state index in [-0.39, 0.29) is 12.1 Å². The van der Waals surface area contributed by atoms with Crippen LogP contribution >= 0.6 is 0 Å². The van der Waals surface area contributed by atoms with Crippen LogP contribution in [0.5, 0.6) is 0 Å². The van der Waals surface area contributed by atoms with E-state index in [0.717, 1.165) is 25.9 Å². The van der Waals surface area contributed by atoms with Gasteiger partial charge in [-0.3, -0.25) is 0 Å². The van der Waals surface area contributed by atoms with Gasteiger partial charge in [0.05, 0.1) is 0 Å².